The zero-order chi connectivity index (χ0) is 13.7. The first-order valence-electron chi connectivity index (χ1n) is 7.09. The van der Waals surface area contributed by atoms with Gasteiger partial charge in [0.2, 0.25) is 0 Å². The molecule has 1 aliphatic carbocycles. The molecule has 102 valence electrons. The van der Waals surface area contributed by atoms with E-state index in [4.69, 9.17) is 5.26 Å². The van der Waals surface area contributed by atoms with E-state index in [0.717, 1.165) is 12.1 Å². The second-order valence-corrected chi connectivity index (χ2v) is 5.55. The van der Waals surface area contributed by atoms with Crippen LogP contribution < -0.4 is 4.90 Å². The number of para-hydroxylation sites is 1. The normalized spacial score (nSPS) is 17.1. The largest absolute Gasteiger partial charge is 0.391 e. The van der Waals surface area contributed by atoms with Crippen molar-refractivity contribution < 1.29 is 5.11 Å². The molecule has 0 saturated heterocycles. The second kappa shape index (κ2) is 6.58. The molecule has 2 rings (SSSR count). The van der Waals surface area contributed by atoms with Gasteiger partial charge in [-0.25, -0.2) is 0 Å². The molecular weight excluding hydrogens is 236 g/mol. The molecule has 19 heavy (non-hydrogen) atoms. The minimum absolute atomic E-state index is 0.306. The molecule has 1 atom stereocenters. The van der Waals surface area contributed by atoms with E-state index in [1.165, 1.54) is 25.7 Å². The van der Waals surface area contributed by atoms with E-state index >= 15 is 0 Å². The molecule has 1 N–H and O–H groups in total. The number of hydrogen-bond donors (Lipinski definition) is 1. The van der Waals surface area contributed by atoms with Gasteiger partial charge in [-0.2, -0.15) is 5.26 Å². The summed E-state index contributed by atoms with van der Waals surface area (Å²) in [6, 6.07) is 9.74. The Morgan fingerprint density at radius 2 is 2.05 bits per heavy atom. The van der Waals surface area contributed by atoms with Crippen molar-refractivity contribution in [3.8, 4) is 6.07 Å². The van der Waals surface area contributed by atoms with Crippen LogP contribution in [0.2, 0.25) is 0 Å². The number of aliphatic hydroxyl groups excluding tert-OH is 1. The van der Waals surface area contributed by atoms with Gasteiger partial charge in [0.25, 0.3) is 0 Å². The van der Waals surface area contributed by atoms with Crippen molar-refractivity contribution in [1.29, 1.82) is 5.26 Å². The lowest BCUT2D eigenvalue weighted by molar-refractivity contribution is 0.149. The van der Waals surface area contributed by atoms with Crippen molar-refractivity contribution in [2.75, 3.05) is 18.5 Å². The van der Waals surface area contributed by atoms with Gasteiger partial charge in [0, 0.05) is 13.6 Å². The minimum atomic E-state index is -0.306. The van der Waals surface area contributed by atoms with Gasteiger partial charge in [-0.15, -0.1) is 0 Å². The van der Waals surface area contributed by atoms with Crippen molar-refractivity contribution in [3.05, 3.63) is 29.8 Å². The summed E-state index contributed by atoms with van der Waals surface area (Å²) in [6.07, 6.45) is 5.72. The Labute approximate surface area is 115 Å². The van der Waals surface area contributed by atoms with Gasteiger partial charge < -0.3 is 10.0 Å². The van der Waals surface area contributed by atoms with Gasteiger partial charge in [0.15, 0.2) is 0 Å². The fourth-order valence-corrected chi connectivity index (χ4v) is 3.02. The van der Waals surface area contributed by atoms with Gasteiger partial charge in [0.1, 0.15) is 6.07 Å². The van der Waals surface area contributed by atoms with E-state index in [2.05, 4.69) is 6.07 Å². The number of hydrogen-bond acceptors (Lipinski definition) is 3. The first kappa shape index (κ1) is 13.9. The summed E-state index contributed by atoms with van der Waals surface area (Å²) in [5.41, 5.74) is 1.56. The number of likely N-dealkylation sites (N-methyl/N-ethyl adjacent to an activating group) is 1. The summed E-state index contributed by atoms with van der Waals surface area (Å²) in [4.78, 5) is 1.98. The Morgan fingerprint density at radius 3 is 2.74 bits per heavy atom. The average Bonchev–Trinajstić information content (AvgIpc) is 2.91. The monoisotopic (exact) mass is 258 g/mol. The van der Waals surface area contributed by atoms with Crippen molar-refractivity contribution >= 4 is 5.69 Å². The van der Waals surface area contributed by atoms with Crippen molar-refractivity contribution in [2.45, 2.75) is 38.2 Å². The molecule has 0 aromatic heterocycles. The summed E-state index contributed by atoms with van der Waals surface area (Å²) in [6.45, 7) is 0.592. The fraction of sp³-hybridized carbons (Fsp3) is 0.562. The molecule has 0 heterocycles. The molecule has 0 amide bonds. The summed E-state index contributed by atoms with van der Waals surface area (Å²) < 4.78 is 0. The van der Waals surface area contributed by atoms with Crippen LogP contribution in [-0.2, 0) is 0 Å². The van der Waals surface area contributed by atoms with Crippen LogP contribution in [0.25, 0.3) is 0 Å². The molecule has 3 heteroatoms. The first-order chi connectivity index (χ1) is 9.20. The van der Waals surface area contributed by atoms with Gasteiger partial charge >= 0.3 is 0 Å². The van der Waals surface area contributed by atoms with Crippen LogP contribution in [0.15, 0.2) is 24.3 Å². The van der Waals surface area contributed by atoms with Gasteiger partial charge in [-0.05, 0) is 24.5 Å². The number of aliphatic hydroxyl groups is 1. The molecule has 3 nitrogen and oxygen atoms in total. The zero-order valence-corrected chi connectivity index (χ0v) is 11.5. The Morgan fingerprint density at radius 1 is 1.37 bits per heavy atom. The predicted molar refractivity (Wildman–Crippen MR) is 77.0 cm³/mol. The molecule has 1 fully saturated rings. The Bertz CT molecular complexity index is 446. The van der Waals surface area contributed by atoms with Gasteiger partial charge in [-0.1, -0.05) is 37.8 Å². The molecule has 0 bridgehead atoms. The summed E-state index contributed by atoms with van der Waals surface area (Å²) in [7, 11) is 1.94. The minimum Gasteiger partial charge on any atom is -0.391 e. The van der Waals surface area contributed by atoms with Crippen LogP contribution in [0.3, 0.4) is 0 Å². The van der Waals surface area contributed by atoms with Crippen LogP contribution in [0.4, 0.5) is 5.69 Å². The van der Waals surface area contributed by atoms with E-state index in [1.54, 1.807) is 0 Å². The summed E-state index contributed by atoms with van der Waals surface area (Å²) in [5, 5.41) is 19.3. The molecule has 0 spiro atoms. The Kier molecular flexibility index (Phi) is 4.81. The number of benzene rings is 1. The molecule has 1 aromatic rings. The Balaban J connectivity index is 1.92. The van der Waals surface area contributed by atoms with Crippen molar-refractivity contribution in [1.82, 2.24) is 0 Å². The lowest BCUT2D eigenvalue weighted by Crippen LogP contribution is -2.30. The van der Waals surface area contributed by atoms with E-state index in [1.807, 2.05) is 36.2 Å². The van der Waals surface area contributed by atoms with Crippen LogP contribution in [-0.4, -0.2) is 24.8 Å². The topological polar surface area (TPSA) is 47.3 Å². The van der Waals surface area contributed by atoms with E-state index in [0.29, 0.717) is 18.0 Å². The molecule has 0 aliphatic heterocycles. The smallest absolute Gasteiger partial charge is 0.101 e. The van der Waals surface area contributed by atoms with Crippen LogP contribution in [0.1, 0.15) is 37.7 Å². The van der Waals surface area contributed by atoms with Gasteiger partial charge in [-0.3, -0.25) is 0 Å². The summed E-state index contributed by atoms with van der Waals surface area (Å²) >= 11 is 0. The van der Waals surface area contributed by atoms with Crippen LogP contribution in [0, 0.1) is 17.2 Å². The van der Waals surface area contributed by atoms with Crippen molar-refractivity contribution in [3.63, 3.8) is 0 Å². The highest BCUT2D eigenvalue weighted by atomic mass is 16.3. The average molecular weight is 258 g/mol. The third-order valence-electron chi connectivity index (χ3n) is 4.00. The second-order valence-electron chi connectivity index (χ2n) is 5.55. The molecule has 1 aliphatic rings. The summed E-state index contributed by atoms with van der Waals surface area (Å²) in [5.74, 6) is 0.689. The van der Waals surface area contributed by atoms with Crippen LogP contribution in [0.5, 0.6) is 0 Å². The van der Waals surface area contributed by atoms with E-state index in [-0.39, 0.29) is 6.10 Å². The SMILES string of the molecule is CN(CC(O)CC1CCCC1)c1ccccc1C#N. The number of nitriles is 1. The lowest BCUT2D eigenvalue weighted by Gasteiger charge is -2.25. The third-order valence-corrected chi connectivity index (χ3v) is 4.00. The predicted octanol–water partition coefficient (Wildman–Crippen LogP) is 2.94. The third kappa shape index (κ3) is 3.71. The molecule has 1 aromatic carbocycles. The Hall–Kier alpha value is -1.53. The van der Waals surface area contributed by atoms with Gasteiger partial charge in [0.05, 0.1) is 17.4 Å². The fourth-order valence-electron chi connectivity index (χ4n) is 3.02. The number of rotatable bonds is 5. The van der Waals surface area contributed by atoms with E-state index < -0.39 is 0 Å². The molecule has 0 radical (unpaired) electrons. The molecule has 1 saturated carbocycles. The standard InChI is InChI=1S/C16H22N2O/c1-18(16-9-5-4-8-14(16)11-17)12-15(19)10-13-6-2-3-7-13/h4-5,8-9,13,15,19H,2-3,6-7,10,12H2,1H3. The highest BCUT2D eigenvalue weighted by molar-refractivity contribution is 5.58. The quantitative estimate of drug-likeness (QED) is 0.883. The molecular formula is C16H22N2O. The maximum Gasteiger partial charge on any atom is 0.101 e. The maximum atomic E-state index is 10.2. The van der Waals surface area contributed by atoms with Crippen molar-refractivity contribution in [2.24, 2.45) is 5.92 Å². The first-order valence-corrected chi connectivity index (χ1v) is 7.09. The van der Waals surface area contributed by atoms with E-state index in [9.17, 15) is 5.11 Å². The number of nitrogens with zero attached hydrogens (tertiary/aromatic N) is 2. The maximum absolute atomic E-state index is 10.2. The zero-order valence-electron chi connectivity index (χ0n) is 11.5. The highest BCUT2D eigenvalue weighted by Gasteiger charge is 2.20. The lowest BCUT2D eigenvalue weighted by atomic mass is 9.99. The highest BCUT2D eigenvalue weighted by Crippen LogP contribution is 2.29. The number of anilines is 1. The molecule has 1 unspecified atom stereocenters. The van der Waals surface area contributed by atoms with Crippen LogP contribution >= 0.6 is 0 Å².